The monoisotopic (exact) mass is 257 g/mol. The van der Waals surface area contributed by atoms with Gasteiger partial charge < -0.3 is 10.3 Å². The van der Waals surface area contributed by atoms with Crippen molar-refractivity contribution in [2.45, 2.75) is 25.7 Å². The molecule has 1 heterocycles. The molecule has 0 atom stereocenters. The van der Waals surface area contributed by atoms with E-state index in [4.69, 9.17) is 5.73 Å². The number of anilines is 1. The molecule has 0 radical (unpaired) electrons. The van der Waals surface area contributed by atoms with Crippen LogP contribution in [0, 0.1) is 0 Å². The lowest BCUT2D eigenvalue weighted by Crippen LogP contribution is -2.31. The minimum absolute atomic E-state index is 0.145. The molecule has 2 N–H and O–H groups in total. The molecule has 4 heteroatoms. The molecule has 1 aromatic carbocycles. The van der Waals surface area contributed by atoms with E-state index < -0.39 is 5.41 Å². The maximum Gasteiger partial charge on any atom is 0.150 e. The number of carbonyl (C=O) groups is 1. The van der Waals surface area contributed by atoms with Gasteiger partial charge >= 0.3 is 0 Å². The summed E-state index contributed by atoms with van der Waals surface area (Å²) in [6.07, 6.45) is 3.89. The van der Waals surface area contributed by atoms with E-state index in [0.717, 1.165) is 11.4 Å². The van der Waals surface area contributed by atoms with E-state index in [2.05, 4.69) is 4.98 Å². The maximum absolute atomic E-state index is 12.5. The predicted octanol–water partition coefficient (Wildman–Crippen LogP) is 2.09. The number of carbonyl (C=O) groups excluding carboxylic acids is 1. The quantitative estimate of drug-likeness (QED) is 0.853. The molecule has 2 rings (SSSR count). The smallest absolute Gasteiger partial charge is 0.150 e. The molecular weight excluding hydrogens is 238 g/mol. The minimum Gasteiger partial charge on any atom is -0.399 e. The number of aromatic nitrogens is 2. The number of nitrogens with two attached hydrogens (primary N) is 1. The first-order valence-corrected chi connectivity index (χ1v) is 6.27. The summed E-state index contributed by atoms with van der Waals surface area (Å²) in [4.78, 5) is 16.7. The average Bonchev–Trinajstić information content (AvgIpc) is 2.75. The second kappa shape index (κ2) is 4.88. The standard InChI is InChI=1S/C15H19N3O/c1-15(2,11-4-6-12(16)7-5-11)13(19)10-14-17-8-9-18(14)3/h4-9H,10,16H2,1-3H3. The number of nitrogen functional groups attached to an aromatic ring is 1. The van der Waals surface area contributed by atoms with E-state index >= 15 is 0 Å². The molecule has 1 aromatic heterocycles. The minimum atomic E-state index is -0.542. The molecule has 0 saturated heterocycles. The predicted molar refractivity (Wildman–Crippen MR) is 75.8 cm³/mol. The summed E-state index contributed by atoms with van der Waals surface area (Å²) in [5.41, 5.74) is 6.81. The van der Waals surface area contributed by atoms with Crippen LogP contribution in [0.2, 0.25) is 0 Å². The van der Waals surface area contributed by atoms with Crippen LogP contribution in [0.3, 0.4) is 0 Å². The van der Waals surface area contributed by atoms with Gasteiger partial charge in [0.2, 0.25) is 0 Å². The van der Waals surface area contributed by atoms with Crippen LogP contribution in [0.1, 0.15) is 25.2 Å². The van der Waals surface area contributed by atoms with E-state index in [1.165, 1.54) is 0 Å². The number of benzene rings is 1. The van der Waals surface area contributed by atoms with Crippen molar-refractivity contribution in [1.29, 1.82) is 0 Å². The van der Waals surface area contributed by atoms with Gasteiger partial charge in [-0.15, -0.1) is 0 Å². The largest absolute Gasteiger partial charge is 0.399 e. The highest BCUT2D eigenvalue weighted by molar-refractivity contribution is 5.90. The molecule has 0 aliphatic carbocycles. The van der Waals surface area contributed by atoms with Crippen LogP contribution in [0.15, 0.2) is 36.7 Å². The Morgan fingerprint density at radius 3 is 2.47 bits per heavy atom. The zero-order valence-corrected chi connectivity index (χ0v) is 11.6. The van der Waals surface area contributed by atoms with Crippen molar-refractivity contribution in [1.82, 2.24) is 9.55 Å². The molecule has 0 fully saturated rings. The summed E-state index contributed by atoms with van der Waals surface area (Å²) >= 11 is 0. The SMILES string of the molecule is Cn1ccnc1CC(=O)C(C)(C)c1ccc(N)cc1. The lowest BCUT2D eigenvalue weighted by Gasteiger charge is -2.23. The first-order chi connectivity index (χ1) is 8.91. The van der Waals surface area contributed by atoms with Crippen molar-refractivity contribution < 1.29 is 4.79 Å². The maximum atomic E-state index is 12.5. The van der Waals surface area contributed by atoms with Gasteiger partial charge in [-0.1, -0.05) is 12.1 Å². The van der Waals surface area contributed by atoms with Crippen molar-refractivity contribution in [3.63, 3.8) is 0 Å². The number of hydrogen-bond acceptors (Lipinski definition) is 3. The van der Waals surface area contributed by atoms with Gasteiger partial charge in [-0.05, 0) is 31.5 Å². The number of Topliss-reactive ketones (excluding diaryl/α,β-unsaturated/α-hetero) is 1. The number of ketones is 1. The molecule has 0 aliphatic rings. The second-order valence-electron chi connectivity index (χ2n) is 5.30. The molecular formula is C15H19N3O. The number of imidazole rings is 1. The Labute approximate surface area is 113 Å². The Balaban J connectivity index is 2.21. The van der Waals surface area contributed by atoms with E-state index in [0.29, 0.717) is 12.1 Å². The van der Waals surface area contributed by atoms with Crippen molar-refractivity contribution in [3.8, 4) is 0 Å². The molecule has 0 unspecified atom stereocenters. The van der Waals surface area contributed by atoms with Crippen molar-refractivity contribution >= 4 is 11.5 Å². The van der Waals surface area contributed by atoms with Gasteiger partial charge in [-0.2, -0.15) is 0 Å². The fourth-order valence-electron chi connectivity index (χ4n) is 1.99. The van der Waals surface area contributed by atoms with Crippen molar-refractivity contribution in [2.75, 3.05) is 5.73 Å². The van der Waals surface area contributed by atoms with E-state index in [1.807, 2.05) is 55.9 Å². The van der Waals surface area contributed by atoms with E-state index in [-0.39, 0.29) is 5.78 Å². The molecule has 0 bridgehead atoms. The summed E-state index contributed by atoms with van der Waals surface area (Å²) in [6, 6.07) is 7.47. The number of hydrogen-bond donors (Lipinski definition) is 1. The molecule has 2 aromatic rings. The Kier molecular flexibility index (Phi) is 3.42. The summed E-state index contributed by atoms with van der Waals surface area (Å²) in [5, 5.41) is 0. The number of nitrogens with zero attached hydrogens (tertiary/aromatic N) is 2. The zero-order valence-electron chi connectivity index (χ0n) is 11.6. The normalized spacial score (nSPS) is 11.5. The molecule has 4 nitrogen and oxygen atoms in total. The summed E-state index contributed by atoms with van der Waals surface area (Å²) < 4.78 is 1.87. The van der Waals surface area contributed by atoms with E-state index in [9.17, 15) is 4.79 Å². The third-order valence-electron chi connectivity index (χ3n) is 3.57. The van der Waals surface area contributed by atoms with Gasteiger partial charge in [0, 0.05) is 30.5 Å². The lowest BCUT2D eigenvalue weighted by atomic mass is 9.79. The first kappa shape index (κ1) is 13.3. The Hall–Kier alpha value is -2.10. The van der Waals surface area contributed by atoms with E-state index in [1.54, 1.807) is 6.20 Å². The van der Waals surface area contributed by atoms with Gasteiger partial charge in [-0.25, -0.2) is 4.98 Å². The van der Waals surface area contributed by atoms with Gasteiger partial charge in [-0.3, -0.25) is 4.79 Å². The third-order valence-corrected chi connectivity index (χ3v) is 3.57. The van der Waals surface area contributed by atoms with Crippen LogP contribution < -0.4 is 5.73 Å². The van der Waals surface area contributed by atoms with Crippen LogP contribution in [0.5, 0.6) is 0 Å². The highest BCUT2D eigenvalue weighted by Crippen LogP contribution is 2.26. The van der Waals surface area contributed by atoms with Crippen LogP contribution >= 0.6 is 0 Å². The fourth-order valence-corrected chi connectivity index (χ4v) is 1.99. The molecule has 0 amide bonds. The Bertz CT molecular complexity index is 582. The highest BCUT2D eigenvalue weighted by Gasteiger charge is 2.30. The summed E-state index contributed by atoms with van der Waals surface area (Å²) in [6.45, 7) is 3.87. The fraction of sp³-hybridized carbons (Fsp3) is 0.333. The lowest BCUT2D eigenvalue weighted by molar-refractivity contribution is -0.123. The second-order valence-corrected chi connectivity index (χ2v) is 5.30. The third kappa shape index (κ3) is 2.67. The highest BCUT2D eigenvalue weighted by atomic mass is 16.1. The van der Waals surface area contributed by atoms with Gasteiger partial charge in [0.15, 0.2) is 0 Å². The zero-order chi connectivity index (χ0) is 14.0. The molecule has 19 heavy (non-hydrogen) atoms. The number of rotatable bonds is 4. The van der Waals surface area contributed by atoms with Gasteiger partial charge in [0.05, 0.1) is 6.42 Å². The van der Waals surface area contributed by atoms with Crippen molar-refractivity contribution in [2.24, 2.45) is 7.05 Å². The molecule has 0 spiro atoms. The molecule has 0 saturated carbocycles. The number of aryl methyl sites for hydroxylation is 1. The van der Waals surface area contributed by atoms with Crippen molar-refractivity contribution in [3.05, 3.63) is 48.0 Å². The average molecular weight is 257 g/mol. The Morgan fingerprint density at radius 1 is 1.32 bits per heavy atom. The topological polar surface area (TPSA) is 60.9 Å². The summed E-state index contributed by atoms with van der Waals surface area (Å²) in [5.74, 6) is 0.931. The summed E-state index contributed by atoms with van der Waals surface area (Å²) in [7, 11) is 1.89. The van der Waals surface area contributed by atoms with Crippen LogP contribution in [0.25, 0.3) is 0 Å². The van der Waals surface area contributed by atoms with Crippen LogP contribution in [-0.4, -0.2) is 15.3 Å². The Morgan fingerprint density at radius 2 is 1.95 bits per heavy atom. The van der Waals surface area contributed by atoms with Crippen LogP contribution in [0.4, 0.5) is 5.69 Å². The molecule has 100 valence electrons. The first-order valence-electron chi connectivity index (χ1n) is 6.27. The van der Waals surface area contributed by atoms with Crippen LogP contribution in [-0.2, 0) is 23.7 Å². The van der Waals surface area contributed by atoms with Gasteiger partial charge in [0.25, 0.3) is 0 Å². The van der Waals surface area contributed by atoms with Gasteiger partial charge in [0.1, 0.15) is 11.6 Å². The molecule has 0 aliphatic heterocycles.